The molecule has 0 bridgehead atoms. The molecule has 0 aliphatic rings. The first-order valence-electron chi connectivity index (χ1n) is 2.98. The molecule has 0 aromatic carbocycles. The number of rotatable bonds is 3. The first-order valence-corrected chi connectivity index (χ1v) is 2.98. The predicted molar refractivity (Wildman–Crippen MR) is 38.7 cm³/mol. The second-order valence-corrected chi connectivity index (χ2v) is 1.78. The minimum Gasteiger partial charge on any atom is -0.198 e. The molecule has 0 N–H and O–H groups in total. The van der Waals surface area contributed by atoms with Crippen LogP contribution in [0.1, 0.15) is 13.3 Å². The smallest absolute Gasteiger partial charge is 0.0700 e. The largest absolute Gasteiger partial charge is 0.198 e. The lowest BCUT2D eigenvalue weighted by atomic mass is 10.1. The van der Waals surface area contributed by atoms with E-state index in [4.69, 9.17) is 5.26 Å². The summed E-state index contributed by atoms with van der Waals surface area (Å²) in [4.78, 5) is 0. The van der Waals surface area contributed by atoms with E-state index in [9.17, 15) is 0 Å². The molecular weight excluding hydrogens is 110 g/mol. The Balaban J connectivity index is 3.59. The van der Waals surface area contributed by atoms with E-state index >= 15 is 0 Å². The van der Waals surface area contributed by atoms with Gasteiger partial charge in [0.25, 0.3) is 0 Å². The van der Waals surface area contributed by atoms with Gasteiger partial charge >= 0.3 is 0 Å². The van der Waals surface area contributed by atoms with E-state index in [0.29, 0.717) is 0 Å². The normalized spacial score (nSPS) is 12.9. The average Bonchev–Trinajstić information content (AvgIpc) is 1.91. The van der Waals surface area contributed by atoms with Crippen molar-refractivity contribution in [2.75, 3.05) is 0 Å². The standard InChI is InChI=1S/C8H11N/c1-3-5-6-8(4-2)7-9/h3-5,8H,2,6H2,1H3/b5-3-. The molecule has 0 aromatic rings. The molecular formula is C8H11N. The van der Waals surface area contributed by atoms with E-state index in [1.165, 1.54) is 0 Å². The van der Waals surface area contributed by atoms with Crippen LogP contribution in [0.3, 0.4) is 0 Å². The van der Waals surface area contributed by atoms with Crippen LogP contribution < -0.4 is 0 Å². The number of hydrogen-bond donors (Lipinski definition) is 0. The van der Waals surface area contributed by atoms with Gasteiger partial charge in [0.2, 0.25) is 0 Å². The van der Waals surface area contributed by atoms with Gasteiger partial charge in [-0.1, -0.05) is 18.2 Å². The van der Waals surface area contributed by atoms with Crippen LogP contribution in [0.4, 0.5) is 0 Å². The third-order valence-electron chi connectivity index (χ3n) is 1.08. The minimum atomic E-state index is -0.0128. The average molecular weight is 121 g/mol. The number of hydrogen-bond acceptors (Lipinski definition) is 1. The summed E-state index contributed by atoms with van der Waals surface area (Å²) in [5.41, 5.74) is 0. The van der Waals surface area contributed by atoms with E-state index in [-0.39, 0.29) is 5.92 Å². The third kappa shape index (κ3) is 3.54. The Morgan fingerprint density at radius 3 is 2.78 bits per heavy atom. The van der Waals surface area contributed by atoms with Crippen LogP contribution >= 0.6 is 0 Å². The molecule has 0 rings (SSSR count). The van der Waals surface area contributed by atoms with Gasteiger partial charge in [-0.05, 0) is 13.3 Å². The molecule has 0 aliphatic heterocycles. The van der Waals surface area contributed by atoms with Crippen molar-refractivity contribution < 1.29 is 0 Å². The van der Waals surface area contributed by atoms with E-state index in [0.717, 1.165) is 6.42 Å². The van der Waals surface area contributed by atoms with Crippen molar-refractivity contribution >= 4 is 0 Å². The topological polar surface area (TPSA) is 23.8 Å². The van der Waals surface area contributed by atoms with Crippen molar-refractivity contribution in [1.82, 2.24) is 0 Å². The Hall–Kier alpha value is -1.03. The summed E-state index contributed by atoms with van der Waals surface area (Å²) in [6.07, 6.45) is 6.36. The maximum atomic E-state index is 8.40. The maximum absolute atomic E-state index is 8.40. The molecule has 0 fully saturated rings. The van der Waals surface area contributed by atoms with Crippen molar-refractivity contribution in [3.63, 3.8) is 0 Å². The Labute approximate surface area is 56.3 Å². The molecule has 0 heterocycles. The van der Waals surface area contributed by atoms with Crippen molar-refractivity contribution in [2.45, 2.75) is 13.3 Å². The van der Waals surface area contributed by atoms with E-state index in [1.807, 2.05) is 19.1 Å². The summed E-state index contributed by atoms with van der Waals surface area (Å²) < 4.78 is 0. The summed E-state index contributed by atoms with van der Waals surface area (Å²) in [6.45, 7) is 5.47. The Morgan fingerprint density at radius 1 is 1.78 bits per heavy atom. The Bertz CT molecular complexity index is 139. The lowest BCUT2D eigenvalue weighted by Gasteiger charge is -1.93. The monoisotopic (exact) mass is 121 g/mol. The molecule has 0 aromatic heterocycles. The van der Waals surface area contributed by atoms with Gasteiger partial charge in [-0.3, -0.25) is 0 Å². The lowest BCUT2D eigenvalue weighted by Crippen LogP contribution is -1.86. The molecule has 48 valence electrons. The molecule has 0 aliphatic carbocycles. The molecule has 0 amide bonds. The van der Waals surface area contributed by atoms with Crippen LogP contribution in [0.2, 0.25) is 0 Å². The van der Waals surface area contributed by atoms with Crippen LogP contribution in [0.15, 0.2) is 24.8 Å². The minimum absolute atomic E-state index is 0.0128. The second-order valence-electron chi connectivity index (χ2n) is 1.78. The molecule has 1 heteroatoms. The Kier molecular flexibility index (Phi) is 4.53. The fourth-order valence-electron chi connectivity index (χ4n) is 0.484. The highest BCUT2D eigenvalue weighted by Gasteiger charge is 1.95. The molecule has 0 saturated carbocycles. The van der Waals surface area contributed by atoms with Gasteiger partial charge in [-0.25, -0.2) is 0 Å². The van der Waals surface area contributed by atoms with Crippen LogP contribution in [-0.2, 0) is 0 Å². The van der Waals surface area contributed by atoms with Gasteiger partial charge in [0, 0.05) is 0 Å². The van der Waals surface area contributed by atoms with Crippen LogP contribution in [0.5, 0.6) is 0 Å². The summed E-state index contributed by atoms with van der Waals surface area (Å²) in [5, 5.41) is 8.40. The van der Waals surface area contributed by atoms with Crippen LogP contribution in [0.25, 0.3) is 0 Å². The zero-order valence-electron chi connectivity index (χ0n) is 5.67. The van der Waals surface area contributed by atoms with Gasteiger partial charge in [-0.15, -0.1) is 6.58 Å². The maximum Gasteiger partial charge on any atom is 0.0700 e. The molecule has 9 heavy (non-hydrogen) atoms. The van der Waals surface area contributed by atoms with Crippen LogP contribution in [0, 0.1) is 17.2 Å². The molecule has 1 nitrogen and oxygen atoms in total. The predicted octanol–water partition coefficient (Wildman–Crippen LogP) is 2.28. The fraction of sp³-hybridized carbons (Fsp3) is 0.375. The molecule has 0 radical (unpaired) electrons. The first kappa shape index (κ1) is 7.97. The number of allylic oxidation sites excluding steroid dienone is 3. The highest BCUT2D eigenvalue weighted by Crippen LogP contribution is 2.02. The van der Waals surface area contributed by atoms with Crippen molar-refractivity contribution in [3.8, 4) is 6.07 Å². The number of nitrogens with zero attached hydrogens (tertiary/aromatic N) is 1. The van der Waals surface area contributed by atoms with Gasteiger partial charge in [0.05, 0.1) is 12.0 Å². The third-order valence-corrected chi connectivity index (χ3v) is 1.08. The highest BCUT2D eigenvalue weighted by molar-refractivity contribution is 4.99. The molecule has 1 atom stereocenters. The highest BCUT2D eigenvalue weighted by atomic mass is 14.3. The SMILES string of the molecule is C=CC(C#N)C/C=C\C. The van der Waals surface area contributed by atoms with Crippen molar-refractivity contribution in [2.24, 2.45) is 5.92 Å². The van der Waals surface area contributed by atoms with Crippen molar-refractivity contribution in [1.29, 1.82) is 5.26 Å². The van der Waals surface area contributed by atoms with Gasteiger partial charge in [0.15, 0.2) is 0 Å². The van der Waals surface area contributed by atoms with Gasteiger partial charge in [0.1, 0.15) is 0 Å². The van der Waals surface area contributed by atoms with Gasteiger partial charge < -0.3 is 0 Å². The molecule has 0 spiro atoms. The zero-order valence-corrected chi connectivity index (χ0v) is 5.67. The lowest BCUT2D eigenvalue weighted by molar-refractivity contribution is 0.849. The number of nitriles is 1. The van der Waals surface area contributed by atoms with Crippen LogP contribution in [-0.4, -0.2) is 0 Å². The fourth-order valence-corrected chi connectivity index (χ4v) is 0.484. The summed E-state index contributed by atoms with van der Waals surface area (Å²) >= 11 is 0. The first-order chi connectivity index (χ1) is 4.35. The summed E-state index contributed by atoms with van der Waals surface area (Å²) in [5.74, 6) is -0.0128. The Morgan fingerprint density at radius 2 is 2.44 bits per heavy atom. The zero-order chi connectivity index (χ0) is 7.11. The summed E-state index contributed by atoms with van der Waals surface area (Å²) in [7, 11) is 0. The quantitative estimate of drug-likeness (QED) is 0.525. The van der Waals surface area contributed by atoms with E-state index < -0.39 is 0 Å². The molecule has 1 unspecified atom stereocenters. The van der Waals surface area contributed by atoms with E-state index in [2.05, 4.69) is 12.6 Å². The summed E-state index contributed by atoms with van der Waals surface area (Å²) in [6, 6.07) is 2.12. The van der Waals surface area contributed by atoms with Gasteiger partial charge in [-0.2, -0.15) is 5.26 Å². The van der Waals surface area contributed by atoms with Crippen molar-refractivity contribution in [3.05, 3.63) is 24.8 Å². The second kappa shape index (κ2) is 5.11. The molecule has 0 saturated heterocycles. The van der Waals surface area contributed by atoms with E-state index in [1.54, 1.807) is 6.08 Å².